The van der Waals surface area contributed by atoms with Gasteiger partial charge >= 0.3 is 0 Å². The summed E-state index contributed by atoms with van der Waals surface area (Å²) in [5, 5.41) is 7.46. The smallest absolute Gasteiger partial charge is 0.122 e. The van der Waals surface area contributed by atoms with E-state index in [9.17, 15) is 0 Å². The lowest BCUT2D eigenvalue weighted by Gasteiger charge is -2.35. The van der Waals surface area contributed by atoms with Crippen molar-refractivity contribution in [1.82, 2.24) is 0 Å². The molecule has 3 N–H and O–H groups in total. The Labute approximate surface area is 123 Å². The summed E-state index contributed by atoms with van der Waals surface area (Å²) >= 11 is 3.60. The molecule has 104 valence electrons. The third kappa shape index (κ3) is 3.30. The number of rotatable bonds is 3. The van der Waals surface area contributed by atoms with Crippen LogP contribution in [-0.4, -0.2) is 18.9 Å². The first kappa shape index (κ1) is 14.4. The summed E-state index contributed by atoms with van der Waals surface area (Å²) in [6.07, 6.45) is 2.52. The highest BCUT2D eigenvalue weighted by atomic mass is 79.9. The molecule has 0 bridgehead atoms. The van der Waals surface area contributed by atoms with E-state index in [0.29, 0.717) is 0 Å². The molecule has 1 heterocycles. The summed E-state index contributed by atoms with van der Waals surface area (Å²) in [5.74, 6) is 1.75. The minimum absolute atomic E-state index is 0.116. The van der Waals surface area contributed by atoms with Crippen LogP contribution in [0.1, 0.15) is 32.3 Å². The molecule has 1 aromatic rings. The van der Waals surface area contributed by atoms with Crippen molar-refractivity contribution in [3.63, 3.8) is 0 Å². The van der Waals surface area contributed by atoms with Crippen LogP contribution in [0.4, 0.5) is 5.69 Å². The predicted molar refractivity (Wildman–Crippen MR) is 84.9 cm³/mol. The van der Waals surface area contributed by atoms with Crippen molar-refractivity contribution in [2.45, 2.75) is 26.7 Å². The van der Waals surface area contributed by atoms with Crippen LogP contribution in [0.5, 0.6) is 0 Å². The van der Waals surface area contributed by atoms with E-state index < -0.39 is 0 Å². The van der Waals surface area contributed by atoms with Crippen LogP contribution in [0.15, 0.2) is 22.7 Å². The summed E-state index contributed by atoms with van der Waals surface area (Å²) in [5.41, 5.74) is 7.50. The molecule has 1 aliphatic heterocycles. The van der Waals surface area contributed by atoms with Crippen molar-refractivity contribution in [1.29, 1.82) is 5.41 Å². The van der Waals surface area contributed by atoms with Crippen LogP contribution in [0, 0.1) is 17.2 Å². The highest BCUT2D eigenvalue weighted by molar-refractivity contribution is 9.10. The lowest BCUT2D eigenvalue weighted by atomic mass is 9.86. The zero-order valence-corrected chi connectivity index (χ0v) is 13.2. The van der Waals surface area contributed by atoms with E-state index in [1.807, 2.05) is 12.1 Å². The highest BCUT2D eigenvalue weighted by Crippen LogP contribution is 2.32. The Morgan fingerprint density at radius 1 is 1.37 bits per heavy atom. The van der Waals surface area contributed by atoms with Gasteiger partial charge in [-0.15, -0.1) is 0 Å². The van der Waals surface area contributed by atoms with E-state index in [1.54, 1.807) is 0 Å². The highest BCUT2D eigenvalue weighted by Gasteiger charge is 2.22. The van der Waals surface area contributed by atoms with Crippen molar-refractivity contribution in [3.05, 3.63) is 28.2 Å². The topological polar surface area (TPSA) is 53.1 Å². The number of hydrogen-bond acceptors (Lipinski definition) is 2. The van der Waals surface area contributed by atoms with Crippen molar-refractivity contribution < 1.29 is 0 Å². The van der Waals surface area contributed by atoms with Crippen molar-refractivity contribution in [2.75, 3.05) is 18.0 Å². The summed E-state index contributed by atoms with van der Waals surface area (Å²) in [7, 11) is 0. The molecule has 1 saturated heterocycles. The number of piperidine rings is 1. The fourth-order valence-electron chi connectivity index (χ4n) is 2.74. The fourth-order valence-corrected chi connectivity index (χ4v) is 3.37. The van der Waals surface area contributed by atoms with Crippen LogP contribution >= 0.6 is 15.9 Å². The third-order valence-corrected chi connectivity index (χ3v) is 4.72. The maximum atomic E-state index is 7.46. The summed E-state index contributed by atoms with van der Waals surface area (Å²) in [6, 6.07) is 5.93. The molecule has 0 aliphatic carbocycles. The van der Waals surface area contributed by atoms with Crippen molar-refractivity contribution >= 4 is 27.5 Å². The second-order valence-electron chi connectivity index (χ2n) is 5.65. The number of nitrogens with two attached hydrogens (primary N) is 1. The quantitative estimate of drug-likeness (QED) is 0.659. The molecule has 0 radical (unpaired) electrons. The number of nitrogen functional groups attached to an aromatic ring is 1. The minimum atomic E-state index is 0.116. The Morgan fingerprint density at radius 3 is 2.47 bits per heavy atom. The molecule has 0 saturated carbocycles. The molecule has 0 unspecified atom stereocenters. The first-order chi connectivity index (χ1) is 8.99. The maximum absolute atomic E-state index is 7.46. The van der Waals surface area contributed by atoms with E-state index in [0.717, 1.165) is 35.0 Å². The lowest BCUT2D eigenvalue weighted by Crippen LogP contribution is -2.35. The summed E-state index contributed by atoms with van der Waals surface area (Å²) < 4.78 is 1.03. The predicted octanol–water partition coefficient (Wildman–Crippen LogP) is 3.61. The van der Waals surface area contributed by atoms with Gasteiger partial charge in [0.25, 0.3) is 0 Å². The van der Waals surface area contributed by atoms with Crippen LogP contribution in [-0.2, 0) is 0 Å². The second kappa shape index (κ2) is 5.95. The molecular formula is C15H22BrN3. The maximum Gasteiger partial charge on any atom is 0.122 e. The van der Waals surface area contributed by atoms with Gasteiger partial charge in [0.2, 0.25) is 0 Å². The van der Waals surface area contributed by atoms with Crippen LogP contribution in [0.25, 0.3) is 0 Å². The summed E-state index contributed by atoms with van der Waals surface area (Å²) in [6.45, 7) is 6.86. The molecule has 0 aromatic heterocycles. The number of amidine groups is 1. The average molecular weight is 324 g/mol. The molecule has 1 aromatic carbocycles. The number of anilines is 1. The fraction of sp³-hybridized carbons (Fsp3) is 0.533. The molecule has 0 spiro atoms. The van der Waals surface area contributed by atoms with Gasteiger partial charge in [0.1, 0.15) is 5.84 Å². The molecule has 1 fully saturated rings. The Balaban J connectivity index is 2.09. The Bertz CT molecular complexity index is 462. The van der Waals surface area contributed by atoms with Gasteiger partial charge in [-0.3, -0.25) is 5.41 Å². The van der Waals surface area contributed by atoms with Crippen molar-refractivity contribution in [3.8, 4) is 0 Å². The average Bonchev–Trinajstić information content (AvgIpc) is 2.38. The number of nitrogens with zero attached hydrogens (tertiary/aromatic N) is 1. The van der Waals surface area contributed by atoms with Crippen LogP contribution < -0.4 is 10.6 Å². The van der Waals surface area contributed by atoms with Gasteiger partial charge in [-0.1, -0.05) is 13.8 Å². The normalized spacial score (nSPS) is 16.9. The molecule has 3 nitrogen and oxygen atoms in total. The standard InChI is InChI=1S/C15H22BrN3/c1-10(2)11-5-7-19(8-6-11)14-4-3-12(15(17)18)9-13(14)16/h3-4,9-11H,5-8H2,1-2H3,(H3,17,18). The molecule has 0 atom stereocenters. The largest absolute Gasteiger partial charge is 0.384 e. The first-order valence-electron chi connectivity index (χ1n) is 6.88. The minimum Gasteiger partial charge on any atom is -0.384 e. The molecule has 2 rings (SSSR count). The van der Waals surface area contributed by atoms with Gasteiger partial charge in [0.05, 0.1) is 5.69 Å². The SMILES string of the molecule is CC(C)C1CCN(c2ccc(C(=N)N)cc2Br)CC1. The van der Waals surface area contributed by atoms with Crippen LogP contribution in [0.3, 0.4) is 0 Å². The van der Waals surface area contributed by atoms with Gasteiger partial charge in [0.15, 0.2) is 0 Å². The van der Waals surface area contributed by atoms with E-state index >= 15 is 0 Å². The summed E-state index contributed by atoms with van der Waals surface area (Å²) in [4.78, 5) is 2.42. The zero-order chi connectivity index (χ0) is 14.0. The van der Waals surface area contributed by atoms with E-state index in [4.69, 9.17) is 11.1 Å². The number of hydrogen-bond donors (Lipinski definition) is 2. The molecule has 4 heteroatoms. The van der Waals surface area contributed by atoms with Gasteiger partial charge in [-0.05, 0) is 58.8 Å². The zero-order valence-electron chi connectivity index (χ0n) is 11.6. The van der Waals surface area contributed by atoms with E-state index in [2.05, 4.69) is 40.7 Å². The first-order valence-corrected chi connectivity index (χ1v) is 7.67. The Hall–Kier alpha value is -1.03. The molecule has 19 heavy (non-hydrogen) atoms. The van der Waals surface area contributed by atoms with Gasteiger partial charge in [0, 0.05) is 23.1 Å². The van der Waals surface area contributed by atoms with Gasteiger partial charge in [-0.25, -0.2) is 0 Å². The monoisotopic (exact) mass is 323 g/mol. The third-order valence-electron chi connectivity index (χ3n) is 4.08. The Morgan fingerprint density at radius 2 is 2.00 bits per heavy atom. The molecular weight excluding hydrogens is 302 g/mol. The van der Waals surface area contributed by atoms with E-state index in [1.165, 1.54) is 18.5 Å². The Kier molecular flexibility index (Phi) is 4.50. The number of halogens is 1. The number of benzene rings is 1. The van der Waals surface area contributed by atoms with Gasteiger partial charge in [-0.2, -0.15) is 0 Å². The van der Waals surface area contributed by atoms with Gasteiger partial charge < -0.3 is 10.6 Å². The van der Waals surface area contributed by atoms with E-state index in [-0.39, 0.29) is 5.84 Å². The van der Waals surface area contributed by atoms with Crippen LogP contribution in [0.2, 0.25) is 0 Å². The lowest BCUT2D eigenvalue weighted by molar-refractivity contribution is 0.311. The number of nitrogens with one attached hydrogen (secondary N) is 1. The molecule has 0 amide bonds. The molecule has 1 aliphatic rings. The van der Waals surface area contributed by atoms with Crippen molar-refractivity contribution in [2.24, 2.45) is 17.6 Å². The second-order valence-corrected chi connectivity index (χ2v) is 6.50.